The molecular weight excluding hydrogens is 382 g/mol. The van der Waals surface area contributed by atoms with Gasteiger partial charge in [-0.3, -0.25) is 15.0 Å². The minimum Gasteiger partial charge on any atom is -0.481 e. The second kappa shape index (κ2) is 11.4. The monoisotopic (exact) mass is 417 g/mol. The number of nitrogens with one attached hydrogen (secondary N) is 2. The molecule has 1 aromatic carbocycles. The van der Waals surface area contributed by atoms with Gasteiger partial charge in [0.2, 0.25) is 0 Å². The van der Waals surface area contributed by atoms with Crippen molar-refractivity contribution in [2.45, 2.75) is 76.0 Å². The average molecular weight is 418 g/mol. The van der Waals surface area contributed by atoms with Gasteiger partial charge in [-0.15, -0.1) is 0 Å². The number of carbonyl (C=O) groups is 2. The zero-order chi connectivity index (χ0) is 21.3. The fraction of sp³-hybridized carbons (Fsp3) is 0.652. The van der Waals surface area contributed by atoms with E-state index in [0.717, 1.165) is 50.5 Å². The number of amides is 1. The second-order valence-electron chi connectivity index (χ2n) is 8.63. The van der Waals surface area contributed by atoms with Crippen LogP contribution in [0.25, 0.3) is 0 Å². The second-order valence-corrected chi connectivity index (χ2v) is 8.63. The molecule has 5 N–H and O–H groups in total. The molecular formula is C23H35N3O4. The summed E-state index contributed by atoms with van der Waals surface area (Å²) in [6, 6.07) is 9.19. The highest BCUT2D eigenvalue weighted by molar-refractivity contribution is 5.81. The number of carbonyl (C=O) groups excluding carboxylic acids is 1. The maximum absolute atomic E-state index is 12.3. The Labute approximate surface area is 178 Å². The van der Waals surface area contributed by atoms with Gasteiger partial charge in [-0.1, -0.05) is 49.6 Å². The van der Waals surface area contributed by atoms with E-state index in [1.54, 1.807) is 0 Å². The third-order valence-electron chi connectivity index (χ3n) is 6.45. The molecule has 166 valence electrons. The predicted octanol–water partition coefficient (Wildman–Crippen LogP) is 2.40. The molecule has 2 aliphatic rings. The van der Waals surface area contributed by atoms with E-state index in [0.29, 0.717) is 30.9 Å². The summed E-state index contributed by atoms with van der Waals surface area (Å²) in [6.07, 6.45) is 8.57. The molecule has 2 aliphatic heterocycles. The first-order chi connectivity index (χ1) is 14.5. The number of carboxylic acids is 1. The third kappa shape index (κ3) is 6.52. The van der Waals surface area contributed by atoms with Crippen LogP contribution in [0, 0.1) is 11.8 Å². The Hall–Kier alpha value is -1.96. The molecule has 1 aromatic rings. The largest absolute Gasteiger partial charge is 0.481 e. The minimum atomic E-state index is -0.715. The van der Waals surface area contributed by atoms with Gasteiger partial charge < -0.3 is 15.6 Å². The van der Waals surface area contributed by atoms with Gasteiger partial charge in [0.15, 0.2) is 0 Å². The van der Waals surface area contributed by atoms with Crippen LogP contribution in [0.3, 0.4) is 0 Å². The van der Waals surface area contributed by atoms with E-state index in [1.165, 1.54) is 0 Å². The van der Waals surface area contributed by atoms with Crippen molar-refractivity contribution >= 4 is 11.9 Å². The van der Waals surface area contributed by atoms with E-state index in [4.69, 9.17) is 15.6 Å². The number of fused-ring (bicyclic) bond motifs is 2. The number of hydrazine groups is 1. The Bertz CT molecular complexity index is 684. The van der Waals surface area contributed by atoms with Crippen LogP contribution in [0.2, 0.25) is 0 Å². The number of ether oxygens (including phenoxy) is 1. The first kappa shape index (κ1) is 22.7. The fourth-order valence-electron chi connectivity index (χ4n) is 4.87. The van der Waals surface area contributed by atoms with Crippen LogP contribution in [0.1, 0.15) is 56.9 Å². The number of rotatable bonds is 13. The van der Waals surface area contributed by atoms with Crippen molar-refractivity contribution in [2.75, 3.05) is 6.54 Å². The minimum absolute atomic E-state index is 0.196. The highest BCUT2D eigenvalue weighted by Gasteiger charge is 2.47. The molecule has 30 heavy (non-hydrogen) atoms. The van der Waals surface area contributed by atoms with Gasteiger partial charge in [0.1, 0.15) is 0 Å². The molecule has 7 heteroatoms. The van der Waals surface area contributed by atoms with Gasteiger partial charge in [-0.2, -0.15) is 0 Å². The number of carboxylic acid groups (broad SMARTS) is 1. The highest BCUT2D eigenvalue weighted by Crippen LogP contribution is 2.45. The van der Waals surface area contributed by atoms with E-state index >= 15 is 0 Å². The van der Waals surface area contributed by atoms with E-state index in [-0.39, 0.29) is 18.4 Å². The number of unbranched alkanes of at least 4 members (excludes halogenated alkanes) is 3. The molecule has 4 unspecified atom stereocenters. The maximum atomic E-state index is 12.3. The SMILES string of the molecule is N[C@@H](Cc1ccccc1)C(=O)NNCC1C2CCC(O2)C1CCCCCCC(=O)O. The van der Waals surface area contributed by atoms with Crippen LogP contribution in [-0.2, 0) is 20.7 Å². The number of hydrogen-bond donors (Lipinski definition) is 4. The van der Waals surface area contributed by atoms with Gasteiger partial charge >= 0.3 is 5.97 Å². The quantitative estimate of drug-likeness (QED) is 0.289. The molecule has 0 saturated carbocycles. The van der Waals surface area contributed by atoms with Crippen molar-refractivity contribution in [3.05, 3.63) is 35.9 Å². The lowest BCUT2D eigenvalue weighted by atomic mass is 9.76. The molecule has 2 saturated heterocycles. The predicted molar refractivity (Wildman–Crippen MR) is 114 cm³/mol. The summed E-state index contributed by atoms with van der Waals surface area (Å²) in [6.45, 7) is 0.689. The number of benzene rings is 1. The first-order valence-corrected chi connectivity index (χ1v) is 11.2. The zero-order valence-electron chi connectivity index (χ0n) is 17.6. The van der Waals surface area contributed by atoms with Crippen LogP contribution in [-0.4, -0.2) is 41.8 Å². The molecule has 2 bridgehead atoms. The summed E-state index contributed by atoms with van der Waals surface area (Å²) in [5.74, 6) is -0.00915. The molecule has 0 radical (unpaired) electrons. The van der Waals surface area contributed by atoms with Crippen LogP contribution in [0.15, 0.2) is 30.3 Å². The normalized spacial score (nSPS) is 25.9. The molecule has 5 atom stereocenters. The molecule has 0 aliphatic carbocycles. The number of hydrogen-bond acceptors (Lipinski definition) is 5. The summed E-state index contributed by atoms with van der Waals surface area (Å²) < 4.78 is 6.14. The lowest BCUT2D eigenvalue weighted by Crippen LogP contribution is -2.50. The Kier molecular flexibility index (Phi) is 8.66. The van der Waals surface area contributed by atoms with Gasteiger partial charge in [-0.05, 0) is 43.6 Å². The van der Waals surface area contributed by atoms with Crippen LogP contribution < -0.4 is 16.6 Å². The Balaban J connectivity index is 1.36. The average Bonchev–Trinajstić information content (AvgIpc) is 3.33. The molecule has 0 spiro atoms. The summed E-state index contributed by atoms with van der Waals surface area (Å²) in [5, 5.41) is 8.72. The lowest BCUT2D eigenvalue weighted by Gasteiger charge is -2.28. The van der Waals surface area contributed by atoms with Crippen LogP contribution in [0.5, 0.6) is 0 Å². The first-order valence-electron chi connectivity index (χ1n) is 11.2. The summed E-state index contributed by atoms with van der Waals surface area (Å²) in [5.41, 5.74) is 13.0. The van der Waals surface area contributed by atoms with E-state index < -0.39 is 12.0 Å². The Morgan fingerprint density at radius 3 is 2.50 bits per heavy atom. The Morgan fingerprint density at radius 1 is 1.07 bits per heavy atom. The van der Waals surface area contributed by atoms with Crippen molar-refractivity contribution in [1.29, 1.82) is 0 Å². The highest BCUT2D eigenvalue weighted by atomic mass is 16.5. The molecule has 2 fully saturated rings. The number of aliphatic carboxylic acids is 1. The van der Waals surface area contributed by atoms with E-state index in [2.05, 4.69) is 10.9 Å². The summed E-state index contributed by atoms with van der Waals surface area (Å²) in [7, 11) is 0. The maximum Gasteiger partial charge on any atom is 0.303 e. The Morgan fingerprint density at radius 2 is 1.77 bits per heavy atom. The van der Waals surface area contributed by atoms with Crippen molar-refractivity contribution in [3.8, 4) is 0 Å². The molecule has 1 amide bonds. The van der Waals surface area contributed by atoms with Crippen molar-refractivity contribution in [2.24, 2.45) is 17.6 Å². The summed E-state index contributed by atoms with van der Waals surface area (Å²) >= 11 is 0. The zero-order valence-corrected chi connectivity index (χ0v) is 17.6. The topological polar surface area (TPSA) is 114 Å². The smallest absolute Gasteiger partial charge is 0.303 e. The number of nitrogens with two attached hydrogens (primary N) is 1. The molecule has 7 nitrogen and oxygen atoms in total. The van der Waals surface area contributed by atoms with Crippen molar-refractivity contribution < 1.29 is 19.4 Å². The van der Waals surface area contributed by atoms with E-state index in [9.17, 15) is 9.59 Å². The summed E-state index contributed by atoms with van der Waals surface area (Å²) in [4.78, 5) is 22.9. The van der Waals surface area contributed by atoms with Crippen LogP contribution >= 0.6 is 0 Å². The van der Waals surface area contributed by atoms with Crippen molar-refractivity contribution in [1.82, 2.24) is 10.9 Å². The van der Waals surface area contributed by atoms with E-state index in [1.807, 2.05) is 30.3 Å². The fourth-order valence-corrected chi connectivity index (χ4v) is 4.87. The molecule has 3 rings (SSSR count). The standard InChI is InChI=1S/C23H35N3O4/c24-19(14-16-8-4-3-5-9-16)23(29)26-25-15-18-17(20-12-13-21(18)30-20)10-6-1-2-7-11-22(27)28/h3-5,8-9,17-21,25H,1-2,6-7,10-15,24H2,(H,26,29)(H,27,28)/t17?,18?,19-,20?,21?/m0/s1. The van der Waals surface area contributed by atoms with Gasteiger partial charge in [0.25, 0.3) is 5.91 Å². The third-order valence-corrected chi connectivity index (χ3v) is 6.45. The molecule has 0 aromatic heterocycles. The van der Waals surface area contributed by atoms with Gasteiger partial charge in [0.05, 0.1) is 18.2 Å². The van der Waals surface area contributed by atoms with Gasteiger partial charge in [0, 0.05) is 18.9 Å². The van der Waals surface area contributed by atoms with Crippen LogP contribution in [0.4, 0.5) is 0 Å². The molecule has 2 heterocycles. The van der Waals surface area contributed by atoms with Gasteiger partial charge in [-0.25, -0.2) is 5.43 Å². The lowest BCUT2D eigenvalue weighted by molar-refractivity contribution is -0.137. The van der Waals surface area contributed by atoms with Crippen molar-refractivity contribution in [3.63, 3.8) is 0 Å².